The summed E-state index contributed by atoms with van der Waals surface area (Å²) < 4.78 is 5.51. The largest absolute Gasteiger partial charge is 0.508 e. The van der Waals surface area contributed by atoms with Crippen LogP contribution in [0, 0.1) is 0 Å². The molecule has 1 saturated heterocycles. The van der Waals surface area contributed by atoms with Crippen LogP contribution in [0.1, 0.15) is 58.6 Å². The highest BCUT2D eigenvalue weighted by Crippen LogP contribution is 2.23. The molecule has 0 saturated carbocycles. The number of nitrogens with zero attached hydrogens (tertiary/aromatic N) is 1. The molecule has 0 aromatic heterocycles. The molecule has 2 unspecified atom stereocenters. The van der Waals surface area contributed by atoms with Gasteiger partial charge >= 0.3 is 6.09 Å². The summed E-state index contributed by atoms with van der Waals surface area (Å²) in [4.78, 5) is 14.2. The van der Waals surface area contributed by atoms with Crippen molar-refractivity contribution in [2.24, 2.45) is 0 Å². The van der Waals surface area contributed by atoms with Crippen LogP contribution in [0.2, 0.25) is 0 Å². The molecule has 1 aliphatic heterocycles. The first-order chi connectivity index (χ1) is 11.3. The van der Waals surface area contributed by atoms with Crippen molar-refractivity contribution in [2.75, 3.05) is 13.1 Å². The average Bonchev–Trinajstić information content (AvgIpc) is 2.96. The Balaban J connectivity index is 1.93. The zero-order valence-electron chi connectivity index (χ0n) is 15.2. The van der Waals surface area contributed by atoms with E-state index in [4.69, 9.17) is 4.74 Å². The lowest BCUT2D eigenvalue weighted by Crippen LogP contribution is -2.44. The van der Waals surface area contributed by atoms with Gasteiger partial charge in [0.05, 0.1) is 0 Å². The molecule has 1 amide bonds. The maximum atomic E-state index is 12.3. The molecule has 0 bridgehead atoms. The van der Waals surface area contributed by atoms with Crippen molar-refractivity contribution in [1.82, 2.24) is 10.2 Å². The second-order valence-corrected chi connectivity index (χ2v) is 7.43. The van der Waals surface area contributed by atoms with Crippen molar-refractivity contribution in [2.45, 2.75) is 64.6 Å². The van der Waals surface area contributed by atoms with E-state index in [-0.39, 0.29) is 23.9 Å². The Hall–Kier alpha value is -1.75. The second kappa shape index (κ2) is 7.88. The maximum Gasteiger partial charge on any atom is 0.410 e. The fourth-order valence-electron chi connectivity index (χ4n) is 3.09. The molecule has 1 aromatic carbocycles. The van der Waals surface area contributed by atoms with Gasteiger partial charge in [-0.3, -0.25) is 0 Å². The predicted octanol–water partition coefficient (Wildman–Crippen LogP) is 3.83. The molecule has 2 rings (SSSR count). The summed E-state index contributed by atoms with van der Waals surface area (Å²) in [6, 6.07) is 7.69. The van der Waals surface area contributed by atoms with Crippen molar-refractivity contribution in [3.8, 4) is 5.75 Å². The van der Waals surface area contributed by atoms with Crippen LogP contribution in [-0.4, -0.2) is 40.8 Å². The number of nitrogens with one attached hydrogen (secondary N) is 1. The minimum Gasteiger partial charge on any atom is -0.508 e. The second-order valence-electron chi connectivity index (χ2n) is 7.43. The summed E-state index contributed by atoms with van der Waals surface area (Å²) in [5, 5.41) is 13.0. The van der Waals surface area contributed by atoms with E-state index >= 15 is 0 Å². The fourth-order valence-corrected chi connectivity index (χ4v) is 3.09. The van der Waals surface area contributed by atoms with E-state index in [0.29, 0.717) is 0 Å². The molecule has 5 heteroatoms. The van der Waals surface area contributed by atoms with Gasteiger partial charge in [-0.15, -0.1) is 0 Å². The third-order valence-electron chi connectivity index (χ3n) is 4.31. The Morgan fingerprint density at radius 1 is 1.38 bits per heavy atom. The highest BCUT2D eigenvalue weighted by molar-refractivity contribution is 5.69. The van der Waals surface area contributed by atoms with Gasteiger partial charge in [0, 0.05) is 25.2 Å². The van der Waals surface area contributed by atoms with Gasteiger partial charge in [0.1, 0.15) is 11.4 Å². The number of carbonyl (C=O) groups is 1. The van der Waals surface area contributed by atoms with E-state index in [1.54, 1.807) is 12.1 Å². The number of hydrogen-bond donors (Lipinski definition) is 2. The first kappa shape index (κ1) is 18.6. The van der Waals surface area contributed by atoms with E-state index in [2.05, 4.69) is 12.2 Å². The van der Waals surface area contributed by atoms with Crippen molar-refractivity contribution in [3.05, 3.63) is 29.8 Å². The molecule has 0 aliphatic carbocycles. The quantitative estimate of drug-likeness (QED) is 0.859. The lowest BCUT2D eigenvalue weighted by molar-refractivity contribution is 0.0224. The number of phenols is 1. The maximum absolute atomic E-state index is 12.3. The van der Waals surface area contributed by atoms with E-state index in [9.17, 15) is 9.90 Å². The minimum atomic E-state index is -0.463. The normalized spacial score (nSPS) is 19.3. The van der Waals surface area contributed by atoms with E-state index in [1.807, 2.05) is 37.8 Å². The SMILES string of the molecule is CCC(NCC1CCCN1C(=O)OC(C)(C)C)c1ccc(O)cc1. The third kappa shape index (κ3) is 5.13. The van der Waals surface area contributed by atoms with Gasteiger partial charge in [-0.25, -0.2) is 4.79 Å². The summed E-state index contributed by atoms with van der Waals surface area (Å²) in [5.41, 5.74) is 0.687. The standard InChI is InChI=1S/C19H30N2O3/c1-5-17(14-8-10-16(22)11-9-14)20-13-15-7-6-12-21(15)18(23)24-19(2,3)4/h8-11,15,17,20,22H,5-7,12-13H2,1-4H3. The van der Waals surface area contributed by atoms with Gasteiger partial charge in [-0.2, -0.15) is 0 Å². The lowest BCUT2D eigenvalue weighted by atomic mass is 10.0. The van der Waals surface area contributed by atoms with Gasteiger partial charge in [-0.1, -0.05) is 19.1 Å². The van der Waals surface area contributed by atoms with Crippen molar-refractivity contribution in [3.63, 3.8) is 0 Å². The third-order valence-corrected chi connectivity index (χ3v) is 4.31. The lowest BCUT2D eigenvalue weighted by Gasteiger charge is -2.30. The number of phenolic OH excluding ortho intramolecular Hbond substituents is 1. The summed E-state index contributed by atoms with van der Waals surface area (Å²) in [6.07, 6.45) is 2.74. The van der Waals surface area contributed by atoms with Crippen LogP contribution >= 0.6 is 0 Å². The van der Waals surface area contributed by atoms with Crippen LogP contribution < -0.4 is 5.32 Å². The highest BCUT2D eigenvalue weighted by atomic mass is 16.6. The number of ether oxygens (including phenoxy) is 1. The van der Waals surface area contributed by atoms with Crippen LogP contribution in [0.25, 0.3) is 0 Å². The molecule has 1 aromatic rings. The first-order valence-corrected chi connectivity index (χ1v) is 8.82. The molecule has 134 valence electrons. The molecular formula is C19H30N2O3. The van der Waals surface area contributed by atoms with Crippen LogP contribution in [0.15, 0.2) is 24.3 Å². The molecule has 0 spiro atoms. The van der Waals surface area contributed by atoms with Gasteiger partial charge in [0.25, 0.3) is 0 Å². The number of aromatic hydroxyl groups is 1. The number of hydrogen-bond acceptors (Lipinski definition) is 4. The van der Waals surface area contributed by atoms with Crippen LogP contribution in [0.5, 0.6) is 5.75 Å². The Bertz CT molecular complexity index is 537. The number of benzene rings is 1. The number of likely N-dealkylation sites (tertiary alicyclic amines) is 1. The Labute approximate surface area is 145 Å². The van der Waals surface area contributed by atoms with Crippen molar-refractivity contribution < 1.29 is 14.6 Å². The van der Waals surface area contributed by atoms with Crippen molar-refractivity contribution >= 4 is 6.09 Å². The highest BCUT2D eigenvalue weighted by Gasteiger charge is 2.32. The summed E-state index contributed by atoms with van der Waals surface area (Å²) in [5.74, 6) is 0.278. The molecule has 5 nitrogen and oxygen atoms in total. The zero-order chi connectivity index (χ0) is 17.7. The first-order valence-electron chi connectivity index (χ1n) is 8.82. The van der Waals surface area contributed by atoms with Crippen LogP contribution in [0.3, 0.4) is 0 Å². The van der Waals surface area contributed by atoms with E-state index < -0.39 is 5.60 Å². The van der Waals surface area contributed by atoms with Gasteiger partial charge in [0.15, 0.2) is 0 Å². The topological polar surface area (TPSA) is 61.8 Å². The van der Waals surface area contributed by atoms with Gasteiger partial charge in [-0.05, 0) is 57.7 Å². The fraction of sp³-hybridized carbons (Fsp3) is 0.632. The molecular weight excluding hydrogens is 304 g/mol. The Morgan fingerprint density at radius 2 is 2.04 bits per heavy atom. The summed E-state index contributed by atoms with van der Waals surface area (Å²) in [7, 11) is 0. The molecule has 2 atom stereocenters. The molecule has 1 heterocycles. The van der Waals surface area contributed by atoms with Gasteiger partial charge in [0.2, 0.25) is 0 Å². The van der Waals surface area contributed by atoms with Crippen LogP contribution in [-0.2, 0) is 4.74 Å². The van der Waals surface area contributed by atoms with Crippen molar-refractivity contribution in [1.29, 1.82) is 0 Å². The van der Waals surface area contributed by atoms with E-state index in [1.165, 1.54) is 0 Å². The van der Waals surface area contributed by atoms with Gasteiger partial charge < -0.3 is 20.1 Å². The molecule has 2 N–H and O–H groups in total. The molecule has 24 heavy (non-hydrogen) atoms. The number of amides is 1. The zero-order valence-corrected chi connectivity index (χ0v) is 15.2. The monoisotopic (exact) mass is 334 g/mol. The van der Waals surface area contributed by atoms with Crippen LogP contribution in [0.4, 0.5) is 4.79 Å². The summed E-state index contributed by atoms with van der Waals surface area (Å²) in [6.45, 7) is 9.32. The average molecular weight is 334 g/mol. The predicted molar refractivity (Wildman–Crippen MR) is 95.1 cm³/mol. The Kier molecular flexibility index (Phi) is 6.10. The minimum absolute atomic E-state index is 0.172. The number of carbonyl (C=O) groups excluding carboxylic acids is 1. The molecule has 1 fully saturated rings. The van der Waals surface area contributed by atoms with E-state index in [0.717, 1.165) is 37.9 Å². The number of rotatable bonds is 5. The molecule has 1 aliphatic rings. The Morgan fingerprint density at radius 3 is 2.62 bits per heavy atom. The smallest absolute Gasteiger partial charge is 0.410 e. The summed E-state index contributed by atoms with van der Waals surface area (Å²) >= 11 is 0. The molecule has 0 radical (unpaired) electrons.